The average molecular weight is 255 g/mol. The number of carbonyl (C=O) groups excluding carboxylic acids is 2. The van der Waals surface area contributed by atoms with Crippen LogP contribution in [0.15, 0.2) is 18.2 Å². The zero-order valence-corrected chi connectivity index (χ0v) is 9.88. The smallest absolute Gasteiger partial charge is 0.309 e. The summed E-state index contributed by atoms with van der Waals surface area (Å²) in [6, 6.07) is 4.88. The Morgan fingerprint density at radius 2 is 2.12 bits per heavy atom. The number of amides is 2. The number of halogens is 1. The summed E-state index contributed by atoms with van der Waals surface area (Å²) >= 11 is 6.08. The van der Waals surface area contributed by atoms with Crippen LogP contribution >= 0.6 is 11.6 Å². The number of nitrogens with one attached hydrogen (secondary N) is 2. The molecule has 0 aliphatic carbocycles. The molecule has 1 atom stereocenters. The van der Waals surface area contributed by atoms with E-state index in [1.807, 2.05) is 0 Å². The van der Waals surface area contributed by atoms with Crippen molar-refractivity contribution in [1.29, 1.82) is 0 Å². The highest BCUT2D eigenvalue weighted by Crippen LogP contribution is 2.27. The molecule has 90 valence electrons. The monoisotopic (exact) mass is 254 g/mol. The molecule has 1 aromatic rings. The van der Waals surface area contributed by atoms with Gasteiger partial charge in [-0.1, -0.05) is 17.7 Å². The fourth-order valence-electron chi connectivity index (χ4n) is 1.66. The maximum Gasteiger partial charge on any atom is 0.309 e. The maximum atomic E-state index is 11.2. The first-order chi connectivity index (χ1) is 8.11. The molecule has 6 heteroatoms. The summed E-state index contributed by atoms with van der Waals surface area (Å²) in [6.07, 6.45) is 0. The van der Waals surface area contributed by atoms with Crippen molar-refractivity contribution in [1.82, 2.24) is 10.6 Å². The number of hydrogen-bond acceptors (Lipinski definition) is 3. The van der Waals surface area contributed by atoms with Crippen LogP contribution in [0.1, 0.15) is 11.6 Å². The minimum Gasteiger partial charge on any atom is -0.497 e. The van der Waals surface area contributed by atoms with Gasteiger partial charge in [0.1, 0.15) is 5.75 Å². The molecular weight excluding hydrogens is 244 g/mol. The molecular formula is C11H11ClN2O3. The van der Waals surface area contributed by atoms with Crippen molar-refractivity contribution in [2.75, 3.05) is 13.7 Å². The third-order valence-corrected chi connectivity index (χ3v) is 2.89. The number of ether oxygens (including phenoxy) is 1. The van der Waals surface area contributed by atoms with E-state index >= 15 is 0 Å². The van der Waals surface area contributed by atoms with Crippen LogP contribution in [0, 0.1) is 0 Å². The van der Waals surface area contributed by atoms with Crippen LogP contribution in [-0.4, -0.2) is 25.5 Å². The quantitative estimate of drug-likeness (QED) is 0.761. The van der Waals surface area contributed by atoms with Gasteiger partial charge in [-0.3, -0.25) is 9.59 Å². The standard InChI is InChI=1S/C11H11ClN2O3/c1-17-6-2-3-7(8(12)4-6)9-5-13-10(15)11(16)14-9/h2-4,9H,5H2,1H3,(H,13,15)(H,14,16). The van der Waals surface area contributed by atoms with E-state index in [1.54, 1.807) is 25.3 Å². The Hall–Kier alpha value is -1.75. The van der Waals surface area contributed by atoms with Crippen LogP contribution in [0.2, 0.25) is 5.02 Å². The van der Waals surface area contributed by atoms with Gasteiger partial charge in [-0.15, -0.1) is 0 Å². The van der Waals surface area contributed by atoms with E-state index in [1.165, 1.54) is 0 Å². The number of hydrogen-bond donors (Lipinski definition) is 2. The molecule has 2 amide bonds. The van der Waals surface area contributed by atoms with Crippen LogP contribution in [0.25, 0.3) is 0 Å². The van der Waals surface area contributed by atoms with Crippen LogP contribution in [0.4, 0.5) is 0 Å². The lowest BCUT2D eigenvalue weighted by Gasteiger charge is -2.24. The van der Waals surface area contributed by atoms with E-state index < -0.39 is 11.8 Å². The molecule has 1 fully saturated rings. The van der Waals surface area contributed by atoms with E-state index in [-0.39, 0.29) is 6.04 Å². The highest BCUT2D eigenvalue weighted by molar-refractivity contribution is 6.36. The lowest BCUT2D eigenvalue weighted by Crippen LogP contribution is -2.51. The minimum absolute atomic E-state index is 0.307. The number of rotatable bonds is 2. The molecule has 17 heavy (non-hydrogen) atoms. The molecule has 1 aromatic carbocycles. The van der Waals surface area contributed by atoms with E-state index in [9.17, 15) is 9.59 Å². The van der Waals surface area contributed by atoms with Crippen molar-refractivity contribution < 1.29 is 14.3 Å². The predicted molar refractivity (Wildman–Crippen MR) is 61.9 cm³/mol. The second kappa shape index (κ2) is 4.63. The molecule has 2 N–H and O–H groups in total. The van der Waals surface area contributed by atoms with Gasteiger partial charge in [0, 0.05) is 11.6 Å². The van der Waals surface area contributed by atoms with Gasteiger partial charge >= 0.3 is 11.8 Å². The van der Waals surface area contributed by atoms with Crippen LogP contribution in [-0.2, 0) is 9.59 Å². The van der Waals surface area contributed by atoms with Gasteiger partial charge in [0.2, 0.25) is 0 Å². The van der Waals surface area contributed by atoms with Gasteiger partial charge in [-0.05, 0) is 17.7 Å². The second-order valence-electron chi connectivity index (χ2n) is 3.62. The molecule has 1 heterocycles. The Labute approximate surface area is 103 Å². The first-order valence-electron chi connectivity index (χ1n) is 5.04. The minimum atomic E-state index is -0.645. The summed E-state index contributed by atoms with van der Waals surface area (Å²) in [4.78, 5) is 22.2. The number of benzene rings is 1. The molecule has 0 aromatic heterocycles. The Morgan fingerprint density at radius 3 is 2.71 bits per heavy atom. The molecule has 1 saturated heterocycles. The lowest BCUT2D eigenvalue weighted by molar-refractivity contribution is -0.141. The van der Waals surface area contributed by atoms with Gasteiger partial charge < -0.3 is 15.4 Å². The van der Waals surface area contributed by atoms with Crippen molar-refractivity contribution in [2.45, 2.75) is 6.04 Å². The molecule has 5 nitrogen and oxygen atoms in total. The van der Waals surface area contributed by atoms with Gasteiger partial charge in [0.15, 0.2) is 0 Å². The third-order valence-electron chi connectivity index (χ3n) is 2.56. The maximum absolute atomic E-state index is 11.2. The summed E-state index contributed by atoms with van der Waals surface area (Å²) in [5.41, 5.74) is 0.751. The van der Waals surface area contributed by atoms with Crippen LogP contribution in [0.5, 0.6) is 5.75 Å². The third kappa shape index (κ3) is 2.34. The van der Waals surface area contributed by atoms with Crippen molar-refractivity contribution in [3.63, 3.8) is 0 Å². The summed E-state index contributed by atoms with van der Waals surface area (Å²) in [5, 5.41) is 5.57. The molecule has 0 spiro atoms. The van der Waals surface area contributed by atoms with Crippen molar-refractivity contribution in [3.8, 4) is 5.75 Å². The fourth-order valence-corrected chi connectivity index (χ4v) is 1.96. The SMILES string of the molecule is COc1ccc(C2CNC(=O)C(=O)N2)c(Cl)c1. The highest BCUT2D eigenvalue weighted by atomic mass is 35.5. The van der Waals surface area contributed by atoms with Crippen molar-refractivity contribution in [3.05, 3.63) is 28.8 Å². The first kappa shape index (κ1) is 11.7. The molecule has 1 aliphatic rings. The van der Waals surface area contributed by atoms with Crippen LogP contribution < -0.4 is 15.4 Å². The molecule has 0 bridgehead atoms. The van der Waals surface area contributed by atoms with Gasteiger partial charge in [-0.25, -0.2) is 0 Å². The van der Waals surface area contributed by atoms with Crippen LogP contribution in [0.3, 0.4) is 0 Å². The van der Waals surface area contributed by atoms with Crippen molar-refractivity contribution >= 4 is 23.4 Å². The number of methoxy groups -OCH3 is 1. The molecule has 0 radical (unpaired) electrons. The second-order valence-corrected chi connectivity index (χ2v) is 4.03. The Morgan fingerprint density at radius 1 is 1.35 bits per heavy atom. The fraction of sp³-hybridized carbons (Fsp3) is 0.273. The summed E-state index contributed by atoms with van der Waals surface area (Å²) in [5.74, 6) is -0.621. The Balaban J connectivity index is 2.23. The Bertz CT molecular complexity index is 476. The zero-order chi connectivity index (χ0) is 12.4. The van der Waals surface area contributed by atoms with E-state index in [4.69, 9.17) is 16.3 Å². The lowest BCUT2D eigenvalue weighted by atomic mass is 10.0. The average Bonchev–Trinajstić information content (AvgIpc) is 2.32. The van der Waals surface area contributed by atoms with Crippen molar-refractivity contribution in [2.24, 2.45) is 0 Å². The van der Waals surface area contributed by atoms with Gasteiger partial charge in [0.25, 0.3) is 0 Å². The molecule has 2 rings (SSSR count). The topological polar surface area (TPSA) is 67.4 Å². The predicted octanol–water partition coefficient (Wildman–Crippen LogP) is 0.636. The number of carbonyl (C=O) groups is 2. The van der Waals surface area contributed by atoms with Gasteiger partial charge in [0.05, 0.1) is 13.2 Å². The number of piperazine rings is 1. The summed E-state index contributed by atoms with van der Waals surface area (Å²) in [6.45, 7) is 0.330. The Kier molecular flexibility index (Phi) is 3.19. The molecule has 0 saturated carbocycles. The van der Waals surface area contributed by atoms with E-state index in [2.05, 4.69) is 10.6 Å². The largest absolute Gasteiger partial charge is 0.497 e. The summed E-state index contributed by atoms with van der Waals surface area (Å²) in [7, 11) is 1.55. The van der Waals surface area contributed by atoms with Gasteiger partial charge in [-0.2, -0.15) is 0 Å². The summed E-state index contributed by atoms with van der Waals surface area (Å²) < 4.78 is 5.03. The van der Waals surface area contributed by atoms with E-state index in [0.29, 0.717) is 17.3 Å². The molecule has 1 aliphatic heterocycles. The normalized spacial score (nSPS) is 19.5. The zero-order valence-electron chi connectivity index (χ0n) is 9.12. The highest BCUT2D eigenvalue weighted by Gasteiger charge is 2.27. The van der Waals surface area contributed by atoms with E-state index in [0.717, 1.165) is 5.56 Å². The molecule has 1 unspecified atom stereocenters. The first-order valence-corrected chi connectivity index (χ1v) is 5.41.